The van der Waals surface area contributed by atoms with Crippen molar-refractivity contribution in [3.05, 3.63) is 71.8 Å². The molecular weight excluding hydrogens is 837 g/mol. The molecule has 0 saturated heterocycles. The molecule has 5 N–H and O–H groups in total. The lowest BCUT2D eigenvalue weighted by Gasteiger charge is -2.51. The van der Waals surface area contributed by atoms with Crippen LogP contribution in [0.4, 0.5) is 0 Å². The Morgan fingerprint density at radius 3 is 1.81 bits per heavy atom. The smallest absolute Gasteiger partial charge is 0.260 e. The minimum atomic E-state index is 0.145. The minimum Gasteiger partial charge on any atom is -0.493 e. The second kappa shape index (κ2) is 18.5. The molecule has 4 saturated carbocycles. The number of rotatable bonds is 13. The van der Waals surface area contributed by atoms with Gasteiger partial charge in [-0.1, -0.05) is 13.8 Å². The first-order valence-electron chi connectivity index (χ1n) is 21.5. The molecule has 2 heterocycles. The lowest BCUT2D eigenvalue weighted by atomic mass is 9.55. The number of nitrogens with one attached hydrogen (secondary N) is 1. The molecule has 0 aliphatic heterocycles. The highest BCUT2D eigenvalue weighted by Gasteiger charge is 2.56. The Hall–Kier alpha value is -4.15. The third-order valence-corrected chi connectivity index (χ3v) is 16.3. The molecule has 0 radical (unpaired) electrons. The van der Waals surface area contributed by atoms with E-state index >= 15 is 0 Å². The number of hydrogen-bond acceptors (Lipinski definition) is 18. The summed E-state index contributed by atoms with van der Waals surface area (Å²) in [5, 5.41) is 20.5. The highest BCUT2D eigenvalue weighted by atomic mass is 32.2. The fourth-order valence-electron chi connectivity index (χ4n) is 12.7. The van der Waals surface area contributed by atoms with Crippen LogP contribution in [0.15, 0.2) is 54.7 Å². The molecule has 6 aliphatic rings. The van der Waals surface area contributed by atoms with Crippen LogP contribution in [0.2, 0.25) is 0 Å². The average molecular weight is 893 g/mol. The van der Waals surface area contributed by atoms with Crippen molar-refractivity contribution in [3.8, 4) is 23.0 Å². The number of aryl methyl sites for hydroxylation is 2. The summed E-state index contributed by atoms with van der Waals surface area (Å²) in [4.78, 5) is 8.19. The summed E-state index contributed by atoms with van der Waals surface area (Å²) in [7, 11) is 3.32. The van der Waals surface area contributed by atoms with E-state index < -0.39 is 0 Å². The Bertz CT molecular complexity index is 2190. The molecule has 18 nitrogen and oxygen atoms in total. The van der Waals surface area contributed by atoms with Gasteiger partial charge in [0, 0.05) is 17.2 Å². The van der Waals surface area contributed by atoms with Gasteiger partial charge in [0.1, 0.15) is 25.3 Å². The summed E-state index contributed by atoms with van der Waals surface area (Å²) in [6.07, 6.45) is 20.7. The maximum absolute atomic E-state index is 5.61. The maximum atomic E-state index is 5.61. The Balaban J connectivity index is 0.000000158. The van der Waals surface area contributed by atoms with Gasteiger partial charge in [0.15, 0.2) is 23.0 Å². The Morgan fingerprint density at radius 2 is 1.23 bits per heavy atom. The Morgan fingerprint density at radius 1 is 0.661 bits per heavy atom. The summed E-state index contributed by atoms with van der Waals surface area (Å²) in [5.74, 6) is 16.2. The van der Waals surface area contributed by atoms with Crippen LogP contribution >= 0.6 is 24.6 Å². The van der Waals surface area contributed by atoms with Crippen molar-refractivity contribution in [3.63, 3.8) is 0 Å². The first-order chi connectivity index (χ1) is 30.3. The van der Waals surface area contributed by atoms with Gasteiger partial charge in [-0.25, -0.2) is 9.35 Å². The van der Waals surface area contributed by atoms with Crippen molar-refractivity contribution in [2.24, 2.45) is 51.4 Å². The molecule has 0 bridgehead atoms. The zero-order valence-electron chi connectivity index (χ0n) is 35.5. The molecule has 2 aromatic carbocycles. The van der Waals surface area contributed by atoms with Crippen molar-refractivity contribution in [1.82, 2.24) is 29.7 Å². The van der Waals surface area contributed by atoms with E-state index in [1.54, 1.807) is 44.2 Å². The van der Waals surface area contributed by atoms with Crippen molar-refractivity contribution >= 4 is 30.4 Å². The number of hydrogen-bond donors (Lipinski definition) is 3. The predicted molar refractivity (Wildman–Crippen MR) is 230 cm³/mol. The molecule has 62 heavy (non-hydrogen) atoms. The van der Waals surface area contributed by atoms with Crippen LogP contribution < -0.4 is 35.1 Å². The number of methoxy groups -OCH3 is 2. The molecule has 334 valence electrons. The van der Waals surface area contributed by atoms with E-state index in [1.165, 1.54) is 72.9 Å². The highest BCUT2D eigenvalue weighted by Crippen LogP contribution is 2.63. The van der Waals surface area contributed by atoms with Crippen LogP contribution in [0, 0.1) is 34.5 Å². The monoisotopic (exact) mass is 892 g/mol. The van der Waals surface area contributed by atoms with Gasteiger partial charge in [0.05, 0.1) is 14.2 Å². The fraction of sp³-hybridized carbons (Fsp3) is 0.595. The van der Waals surface area contributed by atoms with E-state index in [0.29, 0.717) is 89.2 Å². The van der Waals surface area contributed by atoms with E-state index in [-0.39, 0.29) is 10.8 Å². The highest BCUT2D eigenvalue weighted by molar-refractivity contribution is 7.90. The number of fused-ring (bicyclic) bond motifs is 10. The zero-order valence-corrected chi connectivity index (χ0v) is 37.1. The summed E-state index contributed by atoms with van der Waals surface area (Å²) in [5.41, 5.74) is 10.8. The lowest BCUT2D eigenvalue weighted by molar-refractivity contribution is -0.199. The van der Waals surface area contributed by atoms with E-state index in [9.17, 15) is 0 Å². The number of aromatic nitrogens is 6. The fourth-order valence-corrected chi connectivity index (χ4v) is 13.3. The van der Waals surface area contributed by atoms with Gasteiger partial charge in [-0.2, -0.15) is 16.9 Å². The molecule has 2 aromatic heterocycles. The average Bonchev–Trinajstić information content (AvgIpc) is 4.12. The number of nitrogens with zero attached hydrogens (tertiary/aromatic N) is 7. The van der Waals surface area contributed by atoms with Crippen LogP contribution in [0.3, 0.4) is 0 Å². The summed E-state index contributed by atoms with van der Waals surface area (Å²) < 4.78 is 35.1. The van der Waals surface area contributed by atoms with Gasteiger partial charge in [0.2, 0.25) is 0 Å². The maximum Gasteiger partial charge on any atom is 0.260 e. The van der Waals surface area contributed by atoms with Crippen LogP contribution in [-0.4, -0.2) is 55.7 Å². The zero-order chi connectivity index (χ0) is 42.8. The summed E-state index contributed by atoms with van der Waals surface area (Å²) in [6.45, 7) is 4.89. The summed E-state index contributed by atoms with van der Waals surface area (Å²) >= 11 is 1.35. The van der Waals surface area contributed by atoms with Crippen molar-refractivity contribution in [2.75, 3.05) is 19.6 Å². The van der Waals surface area contributed by atoms with Gasteiger partial charge >= 0.3 is 0 Å². The third kappa shape index (κ3) is 8.12. The lowest BCUT2D eigenvalue weighted by Crippen LogP contribution is -2.47. The number of ether oxygens (including phenoxy) is 2. The quantitative estimate of drug-likeness (QED) is 0.0519. The van der Waals surface area contributed by atoms with Gasteiger partial charge in [0.25, 0.3) is 24.6 Å². The molecule has 10 rings (SSSR count). The first kappa shape index (κ1) is 43.1. The van der Waals surface area contributed by atoms with Crippen LogP contribution in [0.5, 0.6) is 23.0 Å². The van der Waals surface area contributed by atoms with Crippen LogP contribution in [0.25, 0.3) is 0 Å². The van der Waals surface area contributed by atoms with Crippen LogP contribution in [0.1, 0.15) is 112 Å². The number of benzene rings is 2. The van der Waals surface area contributed by atoms with Gasteiger partial charge < -0.3 is 23.3 Å². The molecule has 4 fully saturated rings. The molecule has 6 aliphatic carbocycles. The van der Waals surface area contributed by atoms with Gasteiger partial charge in [-0.3, -0.25) is 0 Å². The van der Waals surface area contributed by atoms with Gasteiger partial charge in [-0.15, -0.1) is 39.0 Å². The molecule has 0 amide bonds. The van der Waals surface area contributed by atoms with Crippen molar-refractivity contribution in [1.29, 1.82) is 0 Å². The van der Waals surface area contributed by atoms with E-state index in [0.717, 1.165) is 32.1 Å². The Kier molecular flexibility index (Phi) is 12.9. The van der Waals surface area contributed by atoms with Gasteiger partial charge in [-0.05, 0) is 164 Å². The third-order valence-electron chi connectivity index (χ3n) is 15.5. The van der Waals surface area contributed by atoms with E-state index in [1.807, 2.05) is 4.68 Å². The van der Waals surface area contributed by atoms with Crippen molar-refractivity contribution in [2.45, 2.75) is 109 Å². The summed E-state index contributed by atoms with van der Waals surface area (Å²) in [6, 6.07) is 8.91. The normalized spacial score (nSPS) is 31.0. The standard InChI is InChI=1S/C21H29N5O4S.C21H27N5O4S/c2*1-21-8-7-14-15(17(21)5-6-20(21)25-26-11-23-24-12-26)4-3-13-9-19(28-31-30-29-22)18(27-2)10-16(13)14/h9-12,14-15,17,20,25H,3-8,22H2,1-2H3;9-12,14-15,17H,3-8,22H2,1-2H3/b;25-20+/t14?,15?,17?,20-,21-;14?,15?,17?,21-/m00/s1. The predicted octanol–water partition coefficient (Wildman–Crippen LogP) is 7.33. The minimum absolute atomic E-state index is 0.145. The second-order valence-electron chi connectivity index (χ2n) is 17.9. The molecule has 0 spiro atoms. The molecule has 6 unspecified atom stereocenters. The second-order valence-corrected chi connectivity index (χ2v) is 18.8. The van der Waals surface area contributed by atoms with Crippen molar-refractivity contribution < 1.29 is 36.5 Å². The largest absolute Gasteiger partial charge is 0.493 e. The first-order valence-corrected chi connectivity index (χ1v) is 22.8. The molecule has 4 aromatic rings. The molecule has 20 heteroatoms. The number of nitrogens with two attached hydrogens (primary N) is 2. The SMILES string of the molecule is COc1cc2c(cc1OSOON)CCC1C2CC[C@@]2(C)C1CC[C@@H]2Nn1cnnc1.COc1cc2c(cc1OSOON)CCC1C2CC[C@]2(C)/C(=N/n3cnnc3)CCC12. The van der Waals surface area contributed by atoms with E-state index in [4.69, 9.17) is 34.7 Å². The molecule has 9 atom stereocenters. The van der Waals surface area contributed by atoms with Crippen LogP contribution in [-0.2, 0) is 31.5 Å². The Labute approximate surface area is 370 Å². The topological polar surface area (TPSA) is 212 Å². The van der Waals surface area contributed by atoms with E-state index in [2.05, 4.69) is 82.6 Å². The molecular formula is C42H56N10O8S2.